The third kappa shape index (κ3) is 6.40. The number of aromatic nitrogens is 2. The number of nitrogens with one attached hydrogen (secondary N) is 2. The second kappa shape index (κ2) is 7.12. The van der Waals surface area contributed by atoms with E-state index in [2.05, 4.69) is 15.5 Å². The molecule has 1 amide bonds. The van der Waals surface area contributed by atoms with Crippen LogP contribution in [0.15, 0.2) is 6.07 Å². The summed E-state index contributed by atoms with van der Waals surface area (Å²) >= 11 is 0. The van der Waals surface area contributed by atoms with E-state index in [4.69, 9.17) is 4.74 Å². The highest BCUT2D eigenvalue weighted by molar-refractivity contribution is 5.95. The Morgan fingerprint density at radius 1 is 1.30 bits per heavy atom. The van der Waals surface area contributed by atoms with Gasteiger partial charge in [0, 0.05) is 24.1 Å². The summed E-state index contributed by atoms with van der Waals surface area (Å²) in [5.74, 6) is -1.61. The fourth-order valence-electron chi connectivity index (χ4n) is 1.79. The van der Waals surface area contributed by atoms with Gasteiger partial charge in [0.25, 0.3) is 5.91 Å². The van der Waals surface area contributed by atoms with Crippen molar-refractivity contribution in [2.75, 3.05) is 6.61 Å². The van der Waals surface area contributed by atoms with Gasteiger partial charge in [-0.2, -0.15) is 5.10 Å². The maximum Gasteiger partial charge on any atom is 0.326 e. The average molecular weight is 325 g/mol. The number of amides is 1. The molecule has 0 spiro atoms. The molecule has 0 aliphatic rings. The first-order valence-electron chi connectivity index (χ1n) is 7.63. The number of carbonyl (C=O) groups is 2. The lowest BCUT2D eigenvalue weighted by Crippen LogP contribution is -2.42. The van der Waals surface area contributed by atoms with E-state index in [1.54, 1.807) is 6.07 Å². The van der Waals surface area contributed by atoms with Crippen molar-refractivity contribution in [1.82, 2.24) is 15.5 Å². The van der Waals surface area contributed by atoms with E-state index in [0.717, 1.165) is 5.69 Å². The number of nitrogens with zero attached hydrogens (tertiary/aromatic N) is 1. The molecule has 1 rings (SSSR count). The highest BCUT2D eigenvalue weighted by Crippen LogP contribution is 2.20. The fourth-order valence-corrected chi connectivity index (χ4v) is 1.79. The van der Waals surface area contributed by atoms with Gasteiger partial charge in [-0.1, -0.05) is 20.8 Å². The van der Waals surface area contributed by atoms with Gasteiger partial charge in [0.2, 0.25) is 0 Å². The number of hydrogen-bond donors (Lipinski definition) is 3. The van der Waals surface area contributed by atoms with E-state index in [1.807, 2.05) is 41.5 Å². The maximum absolute atomic E-state index is 12.2. The molecule has 1 aromatic heterocycles. The molecule has 0 bridgehead atoms. The average Bonchev–Trinajstić information content (AvgIpc) is 2.85. The molecule has 3 N–H and O–H groups in total. The largest absolute Gasteiger partial charge is 0.480 e. The van der Waals surface area contributed by atoms with Crippen molar-refractivity contribution < 1.29 is 19.4 Å². The summed E-state index contributed by atoms with van der Waals surface area (Å²) < 4.78 is 5.51. The van der Waals surface area contributed by atoms with Gasteiger partial charge in [-0.25, -0.2) is 4.79 Å². The van der Waals surface area contributed by atoms with Crippen molar-refractivity contribution >= 4 is 11.9 Å². The highest BCUT2D eigenvalue weighted by atomic mass is 16.5. The minimum atomic E-state index is -1.09. The van der Waals surface area contributed by atoms with Crippen molar-refractivity contribution in [3.8, 4) is 0 Å². The van der Waals surface area contributed by atoms with Crippen molar-refractivity contribution in [3.05, 3.63) is 17.5 Å². The molecule has 0 fully saturated rings. The molecule has 0 saturated carbocycles. The third-order valence-electron chi connectivity index (χ3n) is 3.16. The van der Waals surface area contributed by atoms with Crippen molar-refractivity contribution in [1.29, 1.82) is 0 Å². The molecular weight excluding hydrogens is 298 g/mol. The van der Waals surface area contributed by atoms with Crippen LogP contribution in [-0.4, -0.2) is 45.4 Å². The summed E-state index contributed by atoms with van der Waals surface area (Å²) in [4.78, 5) is 23.4. The zero-order valence-electron chi connectivity index (χ0n) is 14.7. The van der Waals surface area contributed by atoms with Crippen LogP contribution in [0.5, 0.6) is 0 Å². The van der Waals surface area contributed by atoms with Gasteiger partial charge < -0.3 is 15.2 Å². The minimum Gasteiger partial charge on any atom is -0.480 e. The fraction of sp³-hybridized carbons (Fsp3) is 0.688. The summed E-state index contributed by atoms with van der Waals surface area (Å²) in [5, 5.41) is 18.5. The normalized spacial score (nSPS) is 13.7. The number of rotatable bonds is 6. The zero-order chi connectivity index (χ0) is 17.8. The second-order valence-electron chi connectivity index (χ2n) is 7.53. The first kappa shape index (κ1) is 19.2. The number of carboxylic acids is 1. The summed E-state index contributed by atoms with van der Waals surface area (Å²) in [7, 11) is 0. The molecule has 0 radical (unpaired) electrons. The van der Waals surface area contributed by atoms with E-state index in [0.29, 0.717) is 0 Å². The number of H-pyrrole nitrogens is 1. The topological polar surface area (TPSA) is 104 Å². The quantitative estimate of drug-likeness (QED) is 0.743. The molecule has 0 aliphatic carbocycles. The number of aromatic amines is 1. The Morgan fingerprint density at radius 3 is 2.35 bits per heavy atom. The molecule has 1 unspecified atom stereocenters. The van der Waals surface area contributed by atoms with Crippen LogP contribution in [0.2, 0.25) is 0 Å². The molecular formula is C16H27N3O4. The third-order valence-corrected chi connectivity index (χ3v) is 3.16. The maximum atomic E-state index is 12.2. The molecule has 23 heavy (non-hydrogen) atoms. The molecule has 1 aromatic rings. The molecule has 0 aromatic carbocycles. The smallest absolute Gasteiger partial charge is 0.326 e. The second-order valence-corrected chi connectivity index (χ2v) is 7.53. The Labute approximate surface area is 136 Å². The number of ether oxygens (including phenoxy) is 1. The van der Waals surface area contributed by atoms with Crippen molar-refractivity contribution in [2.45, 2.75) is 65.0 Å². The summed E-state index contributed by atoms with van der Waals surface area (Å²) in [5.41, 5.74) is 0.471. The number of carbonyl (C=O) groups excluding carboxylic acids is 1. The van der Waals surface area contributed by atoms with Gasteiger partial charge in [0.15, 0.2) is 0 Å². The Balaban J connectivity index is 2.67. The van der Waals surface area contributed by atoms with Gasteiger partial charge in [-0.15, -0.1) is 0 Å². The van der Waals surface area contributed by atoms with Gasteiger partial charge in [-0.05, 0) is 26.8 Å². The summed E-state index contributed by atoms with van der Waals surface area (Å²) in [6.45, 7) is 11.9. The van der Waals surface area contributed by atoms with E-state index in [1.165, 1.54) is 0 Å². The minimum absolute atomic E-state index is 0.168. The van der Waals surface area contributed by atoms with Crippen LogP contribution in [0, 0.1) is 0 Å². The van der Waals surface area contributed by atoms with E-state index < -0.39 is 17.9 Å². The van der Waals surface area contributed by atoms with Crippen LogP contribution >= 0.6 is 0 Å². The molecule has 0 aliphatic heterocycles. The molecule has 7 nitrogen and oxygen atoms in total. The standard InChI is InChI=1S/C16H27N3O4/c1-15(2,3)12-9-11(18-19-12)13(20)17-10(14(21)22)7-8-23-16(4,5)6/h9-10H,7-8H2,1-6H3,(H,17,20)(H,18,19)(H,21,22). The Morgan fingerprint density at radius 2 is 1.91 bits per heavy atom. The SMILES string of the molecule is CC(C)(C)OCCC(NC(=O)c1cc(C(C)(C)C)[nH]n1)C(=O)O. The Bertz CT molecular complexity index is 552. The predicted molar refractivity (Wildman–Crippen MR) is 86.5 cm³/mol. The van der Waals surface area contributed by atoms with Gasteiger partial charge in [0.1, 0.15) is 11.7 Å². The predicted octanol–water partition coefficient (Wildman–Crippen LogP) is 2.10. The monoisotopic (exact) mass is 325 g/mol. The Kier molecular flexibility index (Phi) is 5.93. The summed E-state index contributed by atoms with van der Waals surface area (Å²) in [6, 6.07) is 0.625. The molecule has 130 valence electrons. The first-order chi connectivity index (χ1) is 10.4. The van der Waals surface area contributed by atoms with E-state index in [-0.39, 0.29) is 29.7 Å². The van der Waals surface area contributed by atoms with Gasteiger partial charge in [0.05, 0.1) is 5.60 Å². The Hall–Kier alpha value is -1.89. The lowest BCUT2D eigenvalue weighted by Gasteiger charge is -2.21. The van der Waals surface area contributed by atoms with Crippen LogP contribution in [0.3, 0.4) is 0 Å². The number of carboxylic acid groups (broad SMARTS) is 1. The van der Waals surface area contributed by atoms with Gasteiger partial charge in [-0.3, -0.25) is 9.89 Å². The van der Waals surface area contributed by atoms with Crippen molar-refractivity contribution in [2.24, 2.45) is 0 Å². The number of hydrogen-bond acceptors (Lipinski definition) is 4. The van der Waals surface area contributed by atoms with E-state index in [9.17, 15) is 14.7 Å². The van der Waals surface area contributed by atoms with Crippen LogP contribution in [0.4, 0.5) is 0 Å². The lowest BCUT2D eigenvalue weighted by molar-refractivity contribution is -0.140. The van der Waals surface area contributed by atoms with Crippen LogP contribution in [0.1, 0.15) is 64.1 Å². The lowest BCUT2D eigenvalue weighted by atomic mass is 9.92. The van der Waals surface area contributed by atoms with E-state index >= 15 is 0 Å². The van der Waals surface area contributed by atoms with Crippen molar-refractivity contribution in [3.63, 3.8) is 0 Å². The zero-order valence-corrected chi connectivity index (χ0v) is 14.7. The molecule has 0 saturated heterocycles. The van der Waals surface area contributed by atoms with Crippen LogP contribution < -0.4 is 5.32 Å². The molecule has 1 heterocycles. The first-order valence-corrected chi connectivity index (χ1v) is 7.63. The highest BCUT2D eigenvalue weighted by Gasteiger charge is 2.24. The molecule has 7 heteroatoms. The van der Waals surface area contributed by atoms with Gasteiger partial charge >= 0.3 is 5.97 Å². The van der Waals surface area contributed by atoms with Crippen LogP contribution in [-0.2, 0) is 14.9 Å². The van der Waals surface area contributed by atoms with Crippen LogP contribution in [0.25, 0.3) is 0 Å². The molecule has 1 atom stereocenters. The summed E-state index contributed by atoms with van der Waals surface area (Å²) in [6.07, 6.45) is 0.189. The number of aliphatic carboxylic acids is 1.